The molecule has 0 bridgehead atoms. The average Bonchev–Trinajstić information content (AvgIpc) is 3.52. The van der Waals surface area contributed by atoms with Crippen LogP contribution >= 0.6 is 46.7 Å². The van der Waals surface area contributed by atoms with Gasteiger partial charge in [0.1, 0.15) is 17.1 Å². The number of alkyl halides is 2. The van der Waals surface area contributed by atoms with Crippen molar-refractivity contribution < 1.29 is 58.0 Å². The number of fused-ring (bicyclic) bond motifs is 1. The van der Waals surface area contributed by atoms with Crippen LogP contribution in [-0.4, -0.2) is 117 Å². The van der Waals surface area contributed by atoms with Crippen LogP contribution in [0.15, 0.2) is 28.6 Å². The molecule has 2 aliphatic heterocycles. The summed E-state index contributed by atoms with van der Waals surface area (Å²) in [4.78, 5) is 73.6. The molecule has 2 aromatic rings. The summed E-state index contributed by atoms with van der Waals surface area (Å²) in [6.07, 6.45) is -3.07. The maximum atomic E-state index is 13.7. The highest BCUT2D eigenvalue weighted by atomic mass is 35.5. The number of aliphatic carboxylic acids is 2. The zero-order valence-electron chi connectivity index (χ0n) is 26.6. The number of carbonyl (C=O) groups is 5. The van der Waals surface area contributed by atoms with Crippen LogP contribution in [0.4, 0.5) is 13.9 Å². The number of phenols is 2. The molecule has 0 spiro atoms. The zero-order chi connectivity index (χ0) is 37.9. The van der Waals surface area contributed by atoms with Crippen molar-refractivity contribution in [3.8, 4) is 11.5 Å². The van der Waals surface area contributed by atoms with Gasteiger partial charge in [0.25, 0.3) is 17.7 Å². The van der Waals surface area contributed by atoms with Gasteiger partial charge in [0.15, 0.2) is 16.6 Å². The Hall–Kier alpha value is -4.41. The van der Waals surface area contributed by atoms with E-state index in [1.165, 1.54) is 29.6 Å². The molecular formula is C29H30ClF2N7O10S3. The first-order valence-corrected chi connectivity index (χ1v) is 18.7. The monoisotopic (exact) mass is 805 g/mol. The molecule has 3 atom stereocenters. The van der Waals surface area contributed by atoms with Crippen LogP contribution in [0.5, 0.6) is 11.5 Å². The van der Waals surface area contributed by atoms with Crippen molar-refractivity contribution in [3.63, 3.8) is 0 Å². The number of amides is 3. The van der Waals surface area contributed by atoms with E-state index in [2.05, 4.69) is 25.1 Å². The molecule has 1 aromatic carbocycles. The van der Waals surface area contributed by atoms with Crippen molar-refractivity contribution in [2.45, 2.75) is 49.1 Å². The Balaban J connectivity index is 1.21. The Morgan fingerprint density at radius 3 is 2.56 bits per heavy atom. The van der Waals surface area contributed by atoms with E-state index in [1.54, 1.807) is 0 Å². The van der Waals surface area contributed by atoms with Crippen LogP contribution < -0.4 is 16.4 Å². The number of oxime groups is 1. The van der Waals surface area contributed by atoms with Gasteiger partial charge in [-0.15, -0.1) is 11.8 Å². The molecule has 52 heavy (non-hydrogen) atoms. The third-order valence-corrected chi connectivity index (χ3v) is 11.6. The van der Waals surface area contributed by atoms with Crippen molar-refractivity contribution in [2.75, 3.05) is 29.5 Å². The van der Waals surface area contributed by atoms with Crippen LogP contribution in [0.25, 0.3) is 0 Å². The smallest absolute Gasteiger partial charge is 0.352 e. The number of nitrogen functional groups attached to an aromatic ring is 1. The second-order valence-corrected chi connectivity index (χ2v) is 15.0. The number of carbonyl (C=O) groups excluding carboxylic acids is 3. The standard InChI is InChI=1S/C29H30ClF2N7O10S3/c30-15-13(1-2-14(40)19(15)41)22(42)34-7-8-50-9-12-10-51-25-17(24(44)39(25)18(12)26(45)46)35-23(43)16(21-36-28(33)52-38-21)37-49-20(27(47)48)11-3-5-29(31,32)6-4-11/h1-2,11,17,20,25,40-41H,3-10H2,(H,34,42)(H,35,43)(H,45,46)(H,47,48)(H2,33,36,38)/b37-16-/t17-,20?,25-/m1/s1. The summed E-state index contributed by atoms with van der Waals surface area (Å²) in [6.45, 7) is 0.139. The Bertz CT molecular complexity index is 1840. The molecular weight excluding hydrogens is 776 g/mol. The quantitative estimate of drug-likeness (QED) is 0.0474. The minimum Gasteiger partial charge on any atom is -0.504 e. The number of thioether (sulfide) groups is 2. The molecule has 5 rings (SSSR count). The van der Waals surface area contributed by atoms with Crippen molar-refractivity contribution in [1.29, 1.82) is 0 Å². The van der Waals surface area contributed by atoms with Gasteiger partial charge in [-0.05, 0) is 30.5 Å². The number of carboxylic acids is 2. The highest BCUT2D eigenvalue weighted by molar-refractivity contribution is 8.01. The summed E-state index contributed by atoms with van der Waals surface area (Å²) in [7, 11) is 0. The summed E-state index contributed by atoms with van der Waals surface area (Å²) < 4.78 is 31.3. The van der Waals surface area contributed by atoms with E-state index < -0.39 is 89.1 Å². The molecule has 17 nitrogen and oxygen atoms in total. The number of nitrogens with two attached hydrogens (primary N) is 1. The minimum absolute atomic E-state index is 0.0537. The van der Waals surface area contributed by atoms with Crippen LogP contribution in [0.1, 0.15) is 41.9 Å². The van der Waals surface area contributed by atoms with Crippen LogP contribution in [0.3, 0.4) is 0 Å². The van der Waals surface area contributed by atoms with Gasteiger partial charge < -0.3 is 41.6 Å². The van der Waals surface area contributed by atoms with Crippen LogP contribution in [0, 0.1) is 5.92 Å². The number of β-lactam (4-membered cyclic amide) rings is 1. The fourth-order valence-electron chi connectivity index (χ4n) is 5.58. The molecule has 280 valence electrons. The lowest BCUT2D eigenvalue weighted by Gasteiger charge is -2.49. The van der Waals surface area contributed by atoms with Gasteiger partial charge in [0.05, 0.1) is 10.6 Å². The van der Waals surface area contributed by atoms with E-state index in [1.807, 2.05) is 0 Å². The minimum atomic E-state index is -2.93. The van der Waals surface area contributed by atoms with Gasteiger partial charge in [-0.3, -0.25) is 19.3 Å². The average molecular weight is 806 g/mol. The maximum Gasteiger partial charge on any atom is 0.352 e. The third kappa shape index (κ3) is 8.45. The normalized spacial score (nSPS) is 20.8. The van der Waals surface area contributed by atoms with Crippen molar-refractivity contribution in [2.24, 2.45) is 11.1 Å². The molecule has 1 saturated carbocycles. The first kappa shape index (κ1) is 38.8. The highest BCUT2D eigenvalue weighted by Crippen LogP contribution is 2.42. The van der Waals surface area contributed by atoms with Crippen molar-refractivity contribution >= 4 is 87.2 Å². The molecule has 8 N–H and O–H groups in total. The molecule has 23 heteroatoms. The van der Waals surface area contributed by atoms with E-state index in [4.69, 9.17) is 22.2 Å². The summed E-state index contributed by atoms with van der Waals surface area (Å²) in [5.41, 5.74) is 5.14. The number of nitrogens with one attached hydrogen (secondary N) is 2. The topological polar surface area (TPSA) is 267 Å². The lowest BCUT2D eigenvalue weighted by Crippen LogP contribution is -2.71. The SMILES string of the molecule is Nc1nc(/C(=N/OC(C(=O)O)C2CCC(F)(F)CC2)C(=O)N[C@@H]2C(=O)N3C(C(=O)O)=C(CSCCNC(=O)c4ccc(O)c(O)c4Cl)CS[C@H]23)ns1. The molecule has 0 radical (unpaired) electrons. The van der Waals surface area contributed by atoms with Crippen molar-refractivity contribution in [1.82, 2.24) is 24.9 Å². The fourth-order valence-corrected chi connectivity index (χ4v) is 8.62. The fraction of sp³-hybridized carbons (Fsp3) is 0.448. The number of hydrogen-bond acceptors (Lipinski definition) is 15. The number of anilines is 1. The predicted octanol–water partition coefficient (Wildman–Crippen LogP) is 2.09. The molecule has 1 saturated heterocycles. The molecule has 3 heterocycles. The second kappa shape index (κ2) is 16.1. The van der Waals surface area contributed by atoms with E-state index in [0.29, 0.717) is 22.9 Å². The largest absolute Gasteiger partial charge is 0.504 e. The summed E-state index contributed by atoms with van der Waals surface area (Å²) >= 11 is 9.08. The first-order chi connectivity index (χ1) is 24.6. The van der Waals surface area contributed by atoms with Crippen molar-refractivity contribution in [3.05, 3.63) is 39.8 Å². The molecule has 1 aliphatic carbocycles. The first-order valence-electron chi connectivity index (χ1n) is 15.3. The summed E-state index contributed by atoms with van der Waals surface area (Å²) in [5.74, 6) is -9.77. The van der Waals surface area contributed by atoms with Gasteiger partial charge in [0, 0.05) is 54.1 Å². The molecule has 2 fully saturated rings. The number of hydrogen-bond donors (Lipinski definition) is 7. The molecule has 3 aliphatic rings. The summed E-state index contributed by atoms with van der Waals surface area (Å²) in [5, 5.41) is 46.5. The number of carboxylic acid groups (broad SMARTS) is 2. The number of phenolic OH excluding ortho intramolecular Hbond substituents is 2. The number of aromatic hydroxyl groups is 2. The van der Waals surface area contributed by atoms with Crippen LogP contribution in [0.2, 0.25) is 5.02 Å². The summed E-state index contributed by atoms with van der Waals surface area (Å²) in [6, 6.07) is 1.14. The van der Waals surface area contributed by atoms with E-state index >= 15 is 0 Å². The van der Waals surface area contributed by atoms with Gasteiger partial charge in [-0.25, -0.2) is 18.4 Å². The number of aromatic nitrogens is 2. The number of nitrogens with zero attached hydrogens (tertiary/aromatic N) is 4. The van der Waals surface area contributed by atoms with Gasteiger partial charge >= 0.3 is 11.9 Å². The second-order valence-electron chi connectivity index (χ2n) is 11.7. The lowest BCUT2D eigenvalue weighted by molar-refractivity contribution is -0.158. The van der Waals surface area contributed by atoms with Gasteiger partial charge in [0.2, 0.25) is 23.6 Å². The van der Waals surface area contributed by atoms with Gasteiger partial charge in [-0.1, -0.05) is 16.8 Å². The van der Waals surface area contributed by atoms with E-state index in [9.17, 15) is 53.2 Å². The van der Waals surface area contributed by atoms with E-state index in [0.717, 1.165) is 11.0 Å². The highest BCUT2D eigenvalue weighted by Gasteiger charge is 2.54. The Kier molecular flexibility index (Phi) is 12.0. The Labute approximate surface area is 310 Å². The predicted molar refractivity (Wildman–Crippen MR) is 184 cm³/mol. The van der Waals surface area contributed by atoms with Gasteiger partial charge in [-0.2, -0.15) is 21.1 Å². The zero-order valence-corrected chi connectivity index (χ0v) is 29.8. The Morgan fingerprint density at radius 2 is 1.92 bits per heavy atom. The molecule has 3 amide bonds. The number of halogens is 3. The van der Waals surface area contributed by atoms with Crippen LogP contribution in [-0.2, 0) is 24.0 Å². The van der Waals surface area contributed by atoms with E-state index in [-0.39, 0.29) is 58.1 Å². The Morgan fingerprint density at radius 1 is 1.21 bits per heavy atom. The lowest BCUT2D eigenvalue weighted by atomic mass is 9.83. The number of benzene rings is 1. The molecule has 1 unspecified atom stereocenters. The molecule has 1 aromatic heterocycles. The number of rotatable bonds is 14. The maximum absolute atomic E-state index is 13.7. The third-order valence-electron chi connectivity index (χ3n) is 8.24.